The molecule has 3 aromatic rings. The van der Waals surface area contributed by atoms with E-state index in [1.54, 1.807) is 0 Å². The van der Waals surface area contributed by atoms with Crippen molar-refractivity contribution >= 4 is 34.8 Å². The van der Waals surface area contributed by atoms with Gasteiger partial charge in [0, 0.05) is 17.6 Å². The summed E-state index contributed by atoms with van der Waals surface area (Å²) >= 11 is 6.97. The van der Waals surface area contributed by atoms with Gasteiger partial charge in [-0.2, -0.15) is 18.3 Å². The highest BCUT2D eigenvalue weighted by Gasteiger charge is 2.50. The van der Waals surface area contributed by atoms with Crippen molar-refractivity contribution in [3.63, 3.8) is 0 Å². The summed E-state index contributed by atoms with van der Waals surface area (Å²) in [7, 11) is 5.16. The fourth-order valence-corrected chi connectivity index (χ4v) is 5.91. The third-order valence-corrected chi connectivity index (χ3v) is 8.69. The number of halogens is 4. The average molecular weight is 569 g/mol. The molecule has 12 heteroatoms. The van der Waals surface area contributed by atoms with Crippen LogP contribution in [0.5, 0.6) is 0 Å². The Morgan fingerprint density at radius 2 is 1.76 bits per heavy atom. The molecule has 2 N–H and O–H groups in total. The molecule has 7 nitrogen and oxygen atoms in total. The summed E-state index contributed by atoms with van der Waals surface area (Å²) in [5.74, 6) is -1.47. The number of likely N-dealkylation sites (N-methyl/N-ethyl adjacent to an activating group) is 1. The second-order valence-corrected chi connectivity index (χ2v) is 11.4. The Kier molecular flexibility index (Phi) is 7.66. The molecule has 1 aromatic carbocycles. The molecule has 0 unspecified atom stereocenters. The van der Waals surface area contributed by atoms with E-state index in [1.807, 2.05) is 38.4 Å². The first kappa shape index (κ1) is 28.1. The minimum absolute atomic E-state index is 0.0871. The zero-order chi connectivity index (χ0) is 27.9. The molecular formula is C26H28ClF3N4O3S. The Morgan fingerprint density at radius 1 is 1.13 bits per heavy atom. The Bertz CT molecular complexity index is 1330. The number of hydrogen-bond donors (Lipinski definition) is 1. The second-order valence-electron chi connectivity index (χ2n) is 9.87. The lowest BCUT2D eigenvalue weighted by Crippen LogP contribution is -2.57. The number of nitrogens with two attached hydrogens (primary N) is 1. The van der Waals surface area contributed by atoms with Crippen LogP contribution in [0.4, 0.5) is 13.2 Å². The van der Waals surface area contributed by atoms with Crippen LogP contribution < -0.4 is 5.73 Å². The standard InChI is InChI=1S/C26H28ClF3N4O3S/c1-33(2)24(15-16-4-6-17(27)7-5-16)10-12-25(13-11-24,23(31)36)37-22(35)20-9-8-19(38-20)18-14-21(26(28,29)30)34(3)32-18/h4-9,14H,10-13,15H2,1-3H3,(H2,31,36). The van der Waals surface area contributed by atoms with Gasteiger partial charge in [0.1, 0.15) is 16.3 Å². The molecule has 1 amide bonds. The number of nitrogens with zero attached hydrogens (tertiary/aromatic N) is 3. The number of carbonyl (C=O) groups excluding carboxylic acids is 2. The van der Waals surface area contributed by atoms with Gasteiger partial charge in [0.25, 0.3) is 5.91 Å². The third-order valence-electron chi connectivity index (χ3n) is 7.35. The summed E-state index contributed by atoms with van der Waals surface area (Å²) in [5.41, 5.74) is 4.29. The fourth-order valence-electron chi connectivity index (χ4n) is 4.95. The van der Waals surface area contributed by atoms with E-state index in [0.29, 0.717) is 22.7 Å². The first-order valence-electron chi connectivity index (χ1n) is 11.9. The van der Waals surface area contributed by atoms with Crippen molar-refractivity contribution < 1.29 is 27.5 Å². The molecule has 4 rings (SSSR count). The minimum Gasteiger partial charge on any atom is -0.445 e. The lowest BCUT2D eigenvalue weighted by atomic mass is 9.70. The largest absolute Gasteiger partial charge is 0.445 e. The van der Waals surface area contributed by atoms with Gasteiger partial charge in [-0.15, -0.1) is 11.3 Å². The molecule has 0 spiro atoms. The molecule has 0 bridgehead atoms. The van der Waals surface area contributed by atoms with Crippen molar-refractivity contribution in [2.75, 3.05) is 14.1 Å². The van der Waals surface area contributed by atoms with Crippen molar-refractivity contribution in [2.45, 2.75) is 49.4 Å². The number of hydrogen-bond acceptors (Lipinski definition) is 6. The number of carbonyl (C=O) groups is 2. The molecular weight excluding hydrogens is 541 g/mol. The predicted octanol–water partition coefficient (Wildman–Crippen LogP) is 5.32. The number of esters is 1. The van der Waals surface area contributed by atoms with E-state index in [0.717, 1.165) is 34.1 Å². The maximum Gasteiger partial charge on any atom is 0.433 e. The predicted molar refractivity (Wildman–Crippen MR) is 139 cm³/mol. The lowest BCUT2D eigenvalue weighted by Gasteiger charge is -2.48. The van der Waals surface area contributed by atoms with Gasteiger partial charge >= 0.3 is 12.1 Å². The monoisotopic (exact) mass is 568 g/mol. The summed E-state index contributed by atoms with van der Waals surface area (Å²) in [6.45, 7) is 0. The van der Waals surface area contributed by atoms with Crippen molar-refractivity contribution in [1.29, 1.82) is 0 Å². The van der Waals surface area contributed by atoms with Gasteiger partial charge in [-0.3, -0.25) is 9.48 Å². The van der Waals surface area contributed by atoms with Crippen molar-refractivity contribution in [2.24, 2.45) is 12.8 Å². The smallest absolute Gasteiger partial charge is 0.433 e. The highest BCUT2D eigenvalue weighted by molar-refractivity contribution is 7.17. The van der Waals surface area contributed by atoms with Crippen LogP contribution in [0.1, 0.15) is 46.6 Å². The van der Waals surface area contributed by atoms with E-state index < -0.39 is 29.3 Å². The number of benzene rings is 1. The average Bonchev–Trinajstić information content (AvgIpc) is 3.48. The first-order valence-corrected chi connectivity index (χ1v) is 13.1. The van der Waals surface area contributed by atoms with Crippen LogP contribution in [0.3, 0.4) is 0 Å². The summed E-state index contributed by atoms with van der Waals surface area (Å²) in [6, 6.07) is 11.5. The minimum atomic E-state index is -4.55. The topological polar surface area (TPSA) is 90.4 Å². The van der Waals surface area contributed by atoms with Crippen LogP contribution in [0.2, 0.25) is 5.02 Å². The summed E-state index contributed by atoms with van der Waals surface area (Å²) < 4.78 is 45.9. The Morgan fingerprint density at radius 3 is 2.29 bits per heavy atom. The summed E-state index contributed by atoms with van der Waals surface area (Å²) in [5, 5.41) is 4.57. The van der Waals surface area contributed by atoms with E-state index in [2.05, 4.69) is 10.00 Å². The molecule has 204 valence electrons. The van der Waals surface area contributed by atoms with E-state index in [9.17, 15) is 22.8 Å². The van der Waals surface area contributed by atoms with Gasteiger partial charge in [-0.1, -0.05) is 23.7 Å². The number of primary amides is 1. The normalized spacial score (nSPS) is 22.0. The van der Waals surface area contributed by atoms with E-state index >= 15 is 0 Å². The SMILES string of the molecule is CN(C)C1(Cc2ccc(Cl)cc2)CCC(OC(=O)c2ccc(-c3cc(C(F)(F)F)n(C)n3)s2)(C(N)=O)CC1. The van der Waals surface area contributed by atoms with E-state index in [4.69, 9.17) is 22.1 Å². The number of rotatable bonds is 7. The summed E-state index contributed by atoms with van der Waals surface area (Å²) in [6.07, 6.45) is -2.23. The fraction of sp³-hybridized carbons (Fsp3) is 0.423. The number of thiophene rings is 1. The number of ether oxygens (including phenoxy) is 1. The highest BCUT2D eigenvalue weighted by atomic mass is 35.5. The Labute approximate surface area is 227 Å². The lowest BCUT2D eigenvalue weighted by molar-refractivity contribution is -0.144. The molecule has 1 saturated carbocycles. The molecule has 0 radical (unpaired) electrons. The van der Waals surface area contributed by atoms with Crippen LogP contribution in [0.15, 0.2) is 42.5 Å². The van der Waals surface area contributed by atoms with Crippen LogP contribution in [0, 0.1) is 0 Å². The summed E-state index contributed by atoms with van der Waals surface area (Å²) in [4.78, 5) is 28.3. The molecule has 0 atom stereocenters. The number of amides is 1. The zero-order valence-corrected chi connectivity index (χ0v) is 22.7. The van der Waals surface area contributed by atoms with E-state index in [1.165, 1.54) is 19.2 Å². The number of aromatic nitrogens is 2. The van der Waals surface area contributed by atoms with Crippen molar-refractivity contribution in [1.82, 2.24) is 14.7 Å². The Hall–Kier alpha value is -2.89. The molecule has 2 aromatic heterocycles. The van der Waals surface area contributed by atoms with Gasteiger partial charge in [-0.05, 0) is 82.1 Å². The van der Waals surface area contributed by atoms with Gasteiger partial charge < -0.3 is 15.4 Å². The van der Waals surface area contributed by atoms with Crippen molar-refractivity contribution in [3.8, 4) is 10.6 Å². The molecule has 0 aliphatic heterocycles. The maximum atomic E-state index is 13.1. The first-order chi connectivity index (χ1) is 17.7. The van der Waals surface area contributed by atoms with E-state index in [-0.39, 0.29) is 29.0 Å². The van der Waals surface area contributed by atoms with Crippen LogP contribution in [0.25, 0.3) is 10.6 Å². The van der Waals surface area contributed by atoms with Crippen LogP contribution in [-0.4, -0.2) is 51.8 Å². The van der Waals surface area contributed by atoms with Crippen LogP contribution >= 0.6 is 22.9 Å². The second kappa shape index (κ2) is 10.3. The maximum absolute atomic E-state index is 13.1. The Balaban J connectivity index is 1.50. The number of alkyl halides is 3. The third kappa shape index (κ3) is 5.60. The molecule has 0 saturated heterocycles. The van der Waals surface area contributed by atoms with Gasteiger partial charge in [-0.25, -0.2) is 4.79 Å². The quantitative estimate of drug-likeness (QED) is 0.390. The molecule has 2 heterocycles. The number of aryl methyl sites for hydroxylation is 1. The molecule has 1 aliphatic rings. The van der Waals surface area contributed by atoms with Gasteiger partial charge in [0.05, 0.1) is 4.88 Å². The zero-order valence-electron chi connectivity index (χ0n) is 21.1. The highest BCUT2D eigenvalue weighted by Crippen LogP contribution is 2.43. The molecule has 1 aliphatic carbocycles. The van der Waals surface area contributed by atoms with Gasteiger partial charge in [0.15, 0.2) is 5.60 Å². The van der Waals surface area contributed by atoms with Crippen molar-refractivity contribution in [3.05, 3.63) is 63.6 Å². The molecule has 1 fully saturated rings. The van der Waals surface area contributed by atoms with Crippen LogP contribution in [-0.2, 0) is 29.2 Å². The molecule has 38 heavy (non-hydrogen) atoms. The van der Waals surface area contributed by atoms with Gasteiger partial charge in [0.2, 0.25) is 0 Å².